The Morgan fingerprint density at radius 1 is 1.15 bits per heavy atom. The summed E-state index contributed by atoms with van der Waals surface area (Å²) in [5.74, 6) is 0. The molecule has 138 valence electrons. The lowest BCUT2D eigenvalue weighted by Gasteiger charge is -2.22. The summed E-state index contributed by atoms with van der Waals surface area (Å²) >= 11 is 1.65. The van der Waals surface area contributed by atoms with E-state index in [0.29, 0.717) is 13.1 Å². The third kappa shape index (κ3) is 3.75. The molecule has 0 radical (unpaired) electrons. The van der Waals surface area contributed by atoms with Crippen LogP contribution in [0.2, 0.25) is 0 Å². The number of anilines is 1. The van der Waals surface area contributed by atoms with Gasteiger partial charge in [-0.15, -0.1) is 11.3 Å². The fraction of sp³-hybridized carbons (Fsp3) is 0.381. The van der Waals surface area contributed by atoms with Crippen LogP contribution in [0.25, 0.3) is 20.2 Å². The number of hydrogen-bond donors (Lipinski definition) is 2. The average Bonchev–Trinajstić information content (AvgIpc) is 2.66. The van der Waals surface area contributed by atoms with Gasteiger partial charge in [0.15, 0.2) is 5.43 Å². The van der Waals surface area contributed by atoms with Crippen LogP contribution < -0.4 is 10.7 Å². The fourth-order valence-corrected chi connectivity index (χ4v) is 4.42. The summed E-state index contributed by atoms with van der Waals surface area (Å²) in [7, 11) is 0. The first-order chi connectivity index (χ1) is 12.5. The van der Waals surface area contributed by atoms with Crippen molar-refractivity contribution in [1.82, 2.24) is 4.90 Å². The molecule has 0 saturated heterocycles. The number of benzene rings is 2. The van der Waals surface area contributed by atoms with Crippen LogP contribution in [0.1, 0.15) is 19.4 Å². The van der Waals surface area contributed by atoms with Gasteiger partial charge in [-0.1, -0.05) is 32.0 Å². The summed E-state index contributed by atoms with van der Waals surface area (Å²) in [5.41, 5.74) is 1.96. The molecule has 3 aromatic rings. The van der Waals surface area contributed by atoms with Gasteiger partial charge in [-0.25, -0.2) is 0 Å². The van der Waals surface area contributed by atoms with Gasteiger partial charge in [0.2, 0.25) is 0 Å². The van der Waals surface area contributed by atoms with E-state index in [1.54, 1.807) is 11.3 Å². The molecule has 0 bridgehead atoms. The minimum Gasteiger partial charge on any atom is -0.390 e. The molecular weight excluding hydrogens is 344 g/mol. The summed E-state index contributed by atoms with van der Waals surface area (Å²) in [6, 6.07) is 11.7. The van der Waals surface area contributed by atoms with Crippen molar-refractivity contribution in [3.63, 3.8) is 0 Å². The van der Waals surface area contributed by atoms with Crippen LogP contribution in [-0.4, -0.2) is 42.3 Å². The van der Waals surface area contributed by atoms with Crippen molar-refractivity contribution >= 4 is 37.2 Å². The van der Waals surface area contributed by atoms with E-state index in [9.17, 15) is 9.90 Å². The van der Waals surface area contributed by atoms with Gasteiger partial charge in [0.25, 0.3) is 0 Å². The number of aliphatic hydroxyl groups excluding tert-OH is 1. The van der Waals surface area contributed by atoms with Crippen LogP contribution in [0.5, 0.6) is 0 Å². The molecule has 0 unspecified atom stereocenters. The maximum atomic E-state index is 13.1. The summed E-state index contributed by atoms with van der Waals surface area (Å²) in [6.07, 6.45) is -0.481. The quantitative estimate of drug-likeness (QED) is 0.621. The zero-order valence-corrected chi connectivity index (χ0v) is 16.4. The van der Waals surface area contributed by atoms with Gasteiger partial charge in [-0.05, 0) is 43.8 Å². The smallest absolute Gasteiger partial charge is 0.197 e. The highest BCUT2D eigenvalue weighted by Crippen LogP contribution is 2.31. The lowest BCUT2D eigenvalue weighted by molar-refractivity contribution is 0.128. The number of hydrogen-bond acceptors (Lipinski definition) is 5. The maximum Gasteiger partial charge on any atom is 0.197 e. The molecule has 0 amide bonds. The molecule has 0 aliphatic rings. The molecule has 3 rings (SSSR count). The second-order valence-corrected chi connectivity index (χ2v) is 7.63. The SMILES string of the molecule is CCN(CC)C[C@@H](O)CNc1ccc(C)c2sc3ccccc3c(=O)c12. The van der Waals surface area contributed by atoms with E-state index in [4.69, 9.17) is 0 Å². The number of fused-ring (bicyclic) bond motifs is 2. The fourth-order valence-electron chi connectivity index (χ4n) is 3.25. The molecule has 0 saturated carbocycles. The van der Waals surface area contributed by atoms with E-state index in [1.807, 2.05) is 43.3 Å². The molecule has 26 heavy (non-hydrogen) atoms. The highest BCUT2D eigenvalue weighted by molar-refractivity contribution is 7.24. The summed E-state index contributed by atoms with van der Waals surface area (Å²) < 4.78 is 2.02. The largest absolute Gasteiger partial charge is 0.390 e. The third-order valence-corrected chi connectivity index (χ3v) is 6.12. The highest BCUT2D eigenvalue weighted by atomic mass is 32.1. The molecular formula is C21H26N2O2S. The molecule has 0 aliphatic heterocycles. The molecule has 5 heteroatoms. The third-order valence-electron chi connectivity index (χ3n) is 4.82. The average molecular weight is 371 g/mol. The van der Waals surface area contributed by atoms with Gasteiger partial charge in [-0.3, -0.25) is 4.79 Å². The van der Waals surface area contributed by atoms with Gasteiger partial charge in [0.1, 0.15) is 0 Å². The van der Waals surface area contributed by atoms with Gasteiger partial charge >= 0.3 is 0 Å². The van der Waals surface area contributed by atoms with Gasteiger partial charge in [0.05, 0.1) is 11.5 Å². The molecule has 0 fully saturated rings. The lowest BCUT2D eigenvalue weighted by atomic mass is 10.1. The van der Waals surface area contributed by atoms with Crippen molar-refractivity contribution in [3.8, 4) is 0 Å². The van der Waals surface area contributed by atoms with Crippen molar-refractivity contribution < 1.29 is 5.11 Å². The van der Waals surface area contributed by atoms with E-state index in [0.717, 1.165) is 44.5 Å². The topological polar surface area (TPSA) is 52.6 Å². The number of nitrogens with one attached hydrogen (secondary N) is 1. The molecule has 1 heterocycles. The molecule has 1 atom stereocenters. The Kier molecular flexibility index (Phi) is 5.91. The number of aryl methyl sites for hydroxylation is 1. The van der Waals surface area contributed by atoms with Crippen LogP contribution in [-0.2, 0) is 0 Å². The minimum absolute atomic E-state index is 0.0544. The van der Waals surface area contributed by atoms with Crippen molar-refractivity contribution in [1.29, 1.82) is 0 Å². The van der Waals surface area contributed by atoms with Crippen LogP contribution in [0.4, 0.5) is 5.69 Å². The number of rotatable bonds is 7. The predicted molar refractivity (Wildman–Crippen MR) is 113 cm³/mol. The first kappa shape index (κ1) is 18.8. The monoisotopic (exact) mass is 370 g/mol. The van der Waals surface area contributed by atoms with Crippen LogP contribution in [0.15, 0.2) is 41.2 Å². The Hall–Kier alpha value is -1.95. The molecule has 0 spiro atoms. The number of aliphatic hydroxyl groups is 1. The summed E-state index contributed by atoms with van der Waals surface area (Å²) in [6.45, 7) is 9.09. The first-order valence-electron chi connectivity index (χ1n) is 9.14. The maximum absolute atomic E-state index is 13.1. The van der Waals surface area contributed by atoms with E-state index in [2.05, 4.69) is 24.1 Å². The standard InChI is InChI=1S/C21H26N2O2S/c1-4-23(5-2)13-15(24)12-22-17-11-10-14(3)21-19(17)20(25)16-8-6-7-9-18(16)26-21/h6-11,15,22,24H,4-5,12-13H2,1-3H3/t15-/m0/s1. The molecule has 2 aromatic carbocycles. The minimum atomic E-state index is -0.481. The summed E-state index contributed by atoms with van der Waals surface area (Å²) in [4.78, 5) is 15.3. The first-order valence-corrected chi connectivity index (χ1v) is 9.96. The normalized spacial score (nSPS) is 12.8. The van der Waals surface area contributed by atoms with E-state index in [-0.39, 0.29) is 5.43 Å². The van der Waals surface area contributed by atoms with Crippen LogP contribution in [0.3, 0.4) is 0 Å². The zero-order chi connectivity index (χ0) is 18.7. The van der Waals surface area contributed by atoms with Crippen molar-refractivity contribution in [2.24, 2.45) is 0 Å². The van der Waals surface area contributed by atoms with E-state index in [1.165, 1.54) is 0 Å². The molecule has 4 nitrogen and oxygen atoms in total. The van der Waals surface area contributed by atoms with Gasteiger partial charge in [0, 0.05) is 33.6 Å². The Bertz CT molecular complexity index is 963. The number of nitrogens with zero attached hydrogens (tertiary/aromatic N) is 1. The van der Waals surface area contributed by atoms with Crippen LogP contribution in [0, 0.1) is 6.92 Å². The molecule has 2 N–H and O–H groups in total. The molecule has 1 aromatic heterocycles. The van der Waals surface area contributed by atoms with Crippen molar-refractivity contribution in [2.45, 2.75) is 26.9 Å². The van der Waals surface area contributed by atoms with E-state index < -0.39 is 6.10 Å². The Labute approximate surface area is 158 Å². The Balaban J connectivity index is 1.95. The molecule has 0 aliphatic carbocycles. The van der Waals surface area contributed by atoms with Gasteiger partial charge in [-0.2, -0.15) is 0 Å². The zero-order valence-electron chi connectivity index (χ0n) is 15.6. The second-order valence-electron chi connectivity index (χ2n) is 6.58. The van der Waals surface area contributed by atoms with Crippen molar-refractivity contribution in [2.75, 3.05) is 31.5 Å². The van der Waals surface area contributed by atoms with Crippen molar-refractivity contribution in [3.05, 3.63) is 52.2 Å². The van der Waals surface area contributed by atoms with Gasteiger partial charge < -0.3 is 15.3 Å². The summed E-state index contributed by atoms with van der Waals surface area (Å²) in [5, 5.41) is 15.1. The number of likely N-dealkylation sites (N-methyl/N-ethyl adjacent to an activating group) is 1. The lowest BCUT2D eigenvalue weighted by Crippen LogP contribution is -2.36. The predicted octanol–water partition coefficient (Wildman–Crippen LogP) is 3.84. The van der Waals surface area contributed by atoms with Crippen LogP contribution >= 0.6 is 11.3 Å². The second kappa shape index (κ2) is 8.16. The Morgan fingerprint density at radius 3 is 2.62 bits per heavy atom. The Morgan fingerprint density at radius 2 is 1.88 bits per heavy atom. The highest BCUT2D eigenvalue weighted by Gasteiger charge is 2.14. The van der Waals surface area contributed by atoms with E-state index >= 15 is 0 Å².